The van der Waals surface area contributed by atoms with Gasteiger partial charge in [0.05, 0.1) is 0 Å². The molecule has 0 atom stereocenters. The van der Waals surface area contributed by atoms with Gasteiger partial charge in [0, 0.05) is 0 Å². The van der Waals surface area contributed by atoms with Crippen molar-refractivity contribution in [3.8, 4) is 0 Å². The Morgan fingerprint density at radius 2 is 1.27 bits per heavy atom. The largest absolute Gasteiger partial charge is 2.00 e. The van der Waals surface area contributed by atoms with Crippen molar-refractivity contribution in [1.82, 2.24) is 0 Å². The average molecular weight is 181 g/mol. The first-order chi connectivity index (χ1) is 5.00. The van der Waals surface area contributed by atoms with Crippen LogP contribution in [0, 0.1) is 12.2 Å². The monoisotopic (exact) mass is 181 g/mol. The Hall–Kier alpha value is -0.456. The maximum atomic E-state index is 2.99. The van der Waals surface area contributed by atoms with Gasteiger partial charge in [0.25, 0.3) is 0 Å². The van der Waals surface area contributed by atoms with Crippen LogP contribution in [0.25, 0.3) is 0 Å². The fourth-order valence-corrected chi connectivity index (χ4v) is 0.680. The topological polar surface area (TPSA) is 0 Å². The van der Waals surface area contributed by atoms with E-state index in [2.05, 4.69) is 24.3 Å². The van der Waals surface area contributed by atoms with E-state index >= 15 is 0 Å². The summed E-state index contributed by atoms with van der Waals surface area (Å²) in [5, 5.41) is 0. The SMILES string of the molecule is [C-]1=CC=CC1.[C-]1=CC=CC1.[V+2]. The standard InChI is InChI=1S/2C5H5.V/c2*1-2-4-5-3-1;/h2*1-3H,4H2;/q2*-1;+2. The molecule has 0 bridgehead atoms. The fourth-order valence-electron chi connectivity index (χ4n) is 0.680. The van der Waals surface area contributed by atoms with E-state index in [1.807, 2.05) is 24.3 Å². The zero-order valence-corrected chi connectivity index (χ0v) is 7.72. The fraction of sp³-hybridized carbons (Fsp3) is 0.200. The normalized spacial score (nSPS) is 16.0. The summed E-state index contributed by atoms with van der Waals surface area (Å²) in [5.74, 6) is 0. The van der Waals surface area contributed by atoms with E-state index in [1.165, 1.54) is 0 Å². The first-order valence-corrected chi connectivity index (χ1v) is 3.43. The molecule has 1 heteroatoms. The Kier molecular flexibility index (Phi) is 7.33. The second kappa shape index (κ2) is 7.65. The third-order valence-electron chi connectivity index (χ3n) is 1.17. The van der Waals surface area contributed by atoms with Crippen molar-refractivity contribution < 1.29 is 18.6 Å². The van der Waals surface area contributed by atoms with Crippen molar-refractivity contribution in [2.24, 2.45) is 0 Å². The first kappa shape index (κ1) is 10.5. The van der Waals surface area contributed by atoms with E-state index in [0.717, 1.165) is 12.8 Å². The van der Waals surface area contributed by atoms with Crippen LogP contribution in [0.2, 0.25) is 0 Å². The molecule has 1 radical (unpaired) electrons. The van der Waals surface area contributed by atoms with Gasteiger partial charge < -0.3 is 0 Å². The number of hydrogen-bond acceptors (Lipinski definition) is 0. The molecule has 0 N–H and O–H groups in total. The molecule has 55 valence electrons. The molecule has 0 aliphatic heterocycles. The maximum absolute atomic E-state index is 2.99. The molecule has 0 spiro atoms. The molecule has 0 amide bonds. The zero-order valence-electron chi connectivity index (χ0n) is 6.33. The zero-order chi connectivity index (χ0) is 7.07. The summed E-state index contributed by atoms with van der Waals surface area (Å²) in [5.41, 5.74) is 0. The van der Waals surface area contributed by atoms with Gasteiger partial charge in [-0.15, -0.1) is 12.8 Å². The number of allylic oxidation sites excluding steroid dienone is 8. The molecular formula is C10H10V. The summed E-state index contributed by atoms with van der Waals surface area (Å²) in [7, 11) is 0. The van der Waals surface area contributed by atoms with Crippen LogP contribution >= 0.6 is 0 Å². The van der Waals surface area contributed by atoms with Crippen molar-refractivity contribution in [1.29, 1.82) is 0 Å². The summed E-state index contributed by atoms with van der Waals surface area (Å²) in [6.45, 7) is 0. The van der Waals surface area contributed by atoms with Crippen molar-refractivity contribution in [2.45, 2.75) is 12.8 Å². The summed E-state index contributed by atoms with van der Waals surface area (Å²) in [6, 6.07) is 0. The molecule has 11 heavy (non-hydrogen) atoms. The van der Waals surface area contributed by atoms with E-state index in [1.54, 1.807) is 0 Å². The molecule has 0 saturated heterocycles. The Morgan fingerprint density at radius 3 is 1.36 bits per heavy atom. The van der Waals surface area contributed by atoms with Gasteiger partial charge in [-0.25, -0.2) is 24.3 Å². The van der Waals surface area contributed by atoms with Gasteiger partial charge in [-0.05, 0) is 0 Å². The van der Waals surface area contributed by atoms with Crippen LogP contribution in [0.4, 0.5) is 0 Å². The Labute approximate surface area is 80.3 Å². The Bertz CT molecular complexity index is 143. The van der Waals surface area contributed by atoms with E-state index in [4.69, 9.17) is 0 Å². The Balaban J connectivity index is 0.000000167. The molecule has 0 unspecified atom stereocenters. The minimum absolute atomic E-state index is 0. The average Bonchev–Trinajstić information content (AvgIpc) is 2.67. The number of rotatable bonds is 0. The van der Waals surface area contributed by atoms with Crippen LogP contribution in [0.1, 0.15) is 12.8 Å². The second-order valence-electron chi connectivity index (χ2n) is 2.01. The maximum Gasteiger partial charge on any atom is 2.00 e. The summed E-state index contributed by atoms with van der Waals surface area (Å²) in [6.07, 6.45) is 20.0. The van der Waals surface area contributed by atoms with Gasteiger partial charge in [-0.2, -0.15) is 12.2 Å². The molecule has 0 saturated carbocycles. The van der Waals surface area contributed by atoms with E-state index in [0.29, 0.717) is 0 Å². The quantitative estimate of drug-likeness (QED) is 0.504. The van der Waals surface area contributed by atoms with Crippen LogP contribution < -0.4 is 0 Å². The van der Waals surface area contributed by atoms with Crippen molar-refractivity contribution >= 4 is 0 Å². The van der Waals surface area contributed by atoms with Gasteiger partial charge in [-0.1, -0.05) is 0 Å². The first-order valence-electron chi connectivity index (χ1n) is 3.43. The molecule has 0 aromatic heterocycles. The smallest absolute Gasteiger partial charge is 0.273 e. The third-order valence-corrected chi connectivity index (χ3v) is 1.17. The molecule has 2 aliphatic carbocycles. The van der Waals surface area contributed by atoms with Gasteiger partial charge in [-0.3, -0.25) is 12.2 Å². The number of hydrogen-bond donors (Lipinski definition) is 0. The van der Waals surface area contributed by atoms with E-state index in [9.17, 15) is 0 Å². The van der Waals surface area contributed by atoms with Crippen LogP contribution in [-0.4, -0.2) is 0 Å². The van der Waals surface area contributed by atoms with Crippen LogP contribution in [0.3, 0.4) is 0 Å². The minimum atomic E-state index is 0. The molecule has 0 fully saturated rings. The second-order valence-corrected chi connectivity index (χ2v) is 2.01. The van der Waals surface area contributed by atoms with E-state index < -0.39 is 0 Å². The minimum Gasteiger partial charge on any atom is -0.273 e. The molecular weight excluding hydrogens is 171 g/mol. The van der Waals surface area contributed by atoms with Crippen LogP contribution in [0.15, 0.2) is 36.5 Å². The van der Waals surface area contributed by atoms with Crippen LogP contribution in [-0.2, 0) is 18.6 Å². The van der Waals surface area contributed by atoms with Gasteiger partial charge in [0.1, 0.15) is 0 Å². The molecule has 2 aliphatic rings. The molecule has 2 rings (SSSR count). The van der Waals surface area contributed by atoms with Gasteiger partial charge in [0.2, 0.25) is 0 Å². The molecule has 0 heterocycles. The Morgan fingerprint density at radius 1 is 0.818 bits per heavy atom. The summed E-state index contributed by atoms with van der Waals surface area (Å²) >= 11 is 0. The molecule has 0 aromatic carbocycles. The third kappa shape index (κ3) is 5.96. The van der Waals surface area contributed by atoms with Crippen molar-refractivity contribution in [3.63, 3.8) is 0 Å². The summed E-state index contributed by atoms with van der Waals surface area (Å²) < 4.78 is 0. The molecule has 0 nitrogen and oxygen atoms in total. The van der Waals surface area contributed by atoms with E-state index in [-0.39, 0.29) is 18.6 Å². The van der Waals surface area contributed by atoms with Gasteiger partial charge >= 0.3 is 18.6 Å². The molecule has 0 aromatic rings. The predicted molar refractivity (Wildman–Crippen MR) is 43.1 cm³/mol. The van der Waals surface area contributed by atoms with Crippen LogP contribution in [0.5, 0.6) is 0 Å². The van der Waals surface area contributed by atoms with Crippen molar-refractivity contribution in [3.05, 3.63) is 48.6 Å². The summed E-state index contributed by atoms with van der Waals surface area (Å²) in [4.78, 5) is 0. The van der Waals surface area contributed by atoms with Crippen molar-refractivity contribution in [2.75, 3.05) is 0 Å². The van der Waals surface area contributed by atoms with Gasteiger partial charge in [0.15, 0.2) is 0 Å². The predicted octanol–water partition coefficient (Wildman–Crippen LogP) is 2.61.